The monoisotopic (exact) mass is 269 g/mol. The number of amides is 1. The van der Waals surface area contributed by atoms with Crippen molar-refractivity contribution in [3.05, 3.63) is 29.8 Å². The third kappa shape index (κ3) is 5.01. The minimum absolute atomic E-state index is 0.168. The molecule has 0 saturated carbocycles. The maximum atomic E-state index is 12.7. The predicted octanol–water partition coefficient (Wildman–Crippen LogP) is 0.309. The van der Waals surface area contributed by atoms with Gasteiger partial charge in [-0.3, -0.25) is 9.59 Å². The summed E-state index contributed by atoms with van der Waals surface area (Å²) in [5.74, 6) is -2.26. The van der Waals surface area contributed by atoms with E-state index in [2.05, 4.69) is 4.98 Å². The first kappa shape index (κ1) is 15.0. The van der Waals surface area contributed by atoms with Gasteiger partial charge in [0.25, 0.3) is 5.91 Å². The second kappa shape index (κ2) is 6.79. The third-order valence-corrected chi connectivity index (χ3v) is 2.40. The van der Waals surface area contributed by atoms with E-state index in [-0.39, 0.29) is 12.1 Å². The molecule has 0 aliphatic rings. The van der Waals surface area contributed by atoms with E-state index in [0.29, 0.717) is 6.54 Å². The zero-order chi connectivity index (χ0) is 14.4. The zero-order valence-corrected chi connectivity index (χ0v) is 10.8. The largest absolute Gasteiger partial charge is 0.480 e. The van der Waals surface area contributed by atoms with E-state index in [1.807, 2.05) is 19.0 Å². The van der Waals surface area contributed by atoms with Gasteiger partial charge < -0.3 is 14.9 Å². The van der Waals surface area contributed by atoms with Gasteiger partial charge in [-0.1, -0.05) is 0 Å². The third-order valence-electron chi connectivity index (χ3n) is 2.40. The Bertz CT molecular complexity index is 448. The Morgan fingerprint density at radius 3 is 2.47 bits per heavy atom. The molecule has 1 rings (SSSR count). The number of rotatable bonds is 6. The van der Waals surface area contributed by atoms with Crippen LogP contribution in [0.1, 0.15) is 10.4 Å². The Morgan fingerprint density at radius 1 is 1.32 bits per heavy atom. The summed E-state index contributed by atoms with van der Waals surface area (Å²) in [6.45, 7) is 0.410. The molecule has 104 valence electrons. The Morgan fingerprint density at radius 2 is 2.00 bits per heavy atom. The van der Waals surface area contributed by atoms with Crippen LogP contribution < -0.4 is 0 Å². The number of nitrogens with zero attached hydrogens (tertiary/aromatic N) is 3. The lowest BCUT2D eigenvalue weighted by atomic mass is 10.2. The topological polar surface area (TPSA) is 73.7 Å². The van der Waals surface area contributed by atoms with Gasteiger partial charge in [-0.15, -0.1) is 0 Å². The van der Waals surface area contributed by atoms with Gasteiger partial charge >= 0.3 is 5.97 Å². The molecule has 0 aliphatic heterocycles. The van der Waals surface area contributed by atoms with Crippen LogP contribution >= 0.6 is 0 Å². The fraction of sp³-hybridized carbons (Fsp3) is 0.417. The number of hydrogen-bond acceptors (Lipinski definition) is 4. The van der Waals surface area contributed by atoms with Crippen molar-refractivity contribution in [1.29, 1.82) is 0 Å². The number of carboxylic acid groups (broad SMARTS) is 1. The lowest BCUT2D eigenvalue weighted by molar-refractivity contribution is -0.137. The molecule has 0 atom stereocenters. The molecule has 1 amide bonds. The maximum Gasteiger partial charge on any atom is 0.323 e. The second-order valence-electron chi connectivity index (χ2n) is 4.29. The van der Waals surface area contributed by atoms with Crippen molar-refractivity contribution in [2.45, 2.75) is 0 Å². The molecule has 0 aliphatic carbocycles. The molecule has 1 aromatic heterocycles. The molecule has 6 nitrogen and oxygen atoms in total. The van der Waals surface area contributed by atoms with Crippen LogP contribution in [-0.4, -0.2) is 65.5 Å². The van der Waals surface area contributed by atoms with Crippen molar-refractivity contribution in [3.8, 4) is 0 Å². The molecule has 19 heavy (non-hydrogen) atoms. The molecule has 0 fully saturated rings. The molecule has 0 radical (unpaired) electrons. The van der Waals surface area contributed by atoms with Crippen molar-refractivity contribution >= 4 is 11.9 Å². The number of carbonyl (C=O) groups excluding carboxylic acids is 1. The van der Waals surface area contributed by atoms with Crippen LogP contribution in [0.4, 0.5) is 4.39 Å². The lowest BCUT2D eigenvalue weighted by Gasteiger charge is -2.22. The Kier molecular flexibility index (Phi) is 5.37. The highest BCUT2D eigenvalue weighted by Crippen LogP contribution is 2.05. The van der Waals surface area contributed by atoms with Crippen molar-refractivity contribution in [1.82, 2.24) is 14.8 Å². The van der Waals surface area contributed by atoms with E-state index in [4.69, 9.17) is 5.11 Å². The highest BCUT2D eigenvalue weighted by molar-refractivity contribution is 5.95. The minimum atomic E-state index is -1.10. The Balaban J connectivity index is 2.80. The van der Waals surface area contributed by atoms with E-state index < -0.39 is 24.4 Å². The summed E-state index contributed by atoms with van der Waals surface area (Å²) in [5, 5.41) is 8.81. The van der Waals surface area contributed by atoms with Gasteiger partial charge in [0.15, 0.2) is 0 Å². The van der Waals surface area contributed by atoms with Gasteiger partial charge in [0, 0.05) is 19.3 Å². The first-order valence-electron chi connectivity index (χ1n) is 5.67. The first-order chi connectivity index (χ1) is 8.90. The number of pyridine rings is 1. The number of halogens is 1. The predicted molar refractivity (Wildman–Crippen MR) is 66.3 cm³/mol. The molecule has 0 spiro atoms. The average molecular weight is 269 g/mol. The number of likely N-dealkylation sites (N-methyl/N-ethyl adjacent to an activating group) is 1. The van der Waals surface area contributed by atoms with Crippen LogP contribution in [-0.2, 0) is 4.79 Å². The molecular formula is C12H16FN3O3. The number of carbonyl (C=O) groups is 2. The van der Waals surface area contributed by atoms with Gasteiger partial charge in [0.2, 0.25) is 5.95 Å². The molecule has 7 heteroatoms. The van der Waals surface area contributed by atoms with Crippen LogP contribution in [0.5, 0.6) is 0 Å². The van der Waals surface area contributed by atoms with Gasteiger partial charge in [0.1, 0.15) is 6.54 Å². The fourth-order valence-electron chi connectivity index (χ4n) is 1.42. The normalized spacial score (nSPS) is 10.5. The molecule has 1 aromatic rings. The Labute approximate surface area is 110 Å². The SMILES string of the molecule is CN(C)CCN(CC(=O)O)C(=O)c1ccc(F)nc1. The van der Waals surface area contributed by atoms with Gasteiger partial charge in [-0.25, -0.2) is 4.98 Å². The summed E-state index contributed by atoms with van der Waals surface area (Å²) in [6, 6.07) is 2.35. The van der Waals surface area contributed by atoms with E-state index in [9.17, 15) is 14.0 Å². The highest BCUT2D eigenvalue weighted by atomic mass is 19.1. The van der Waals surface area contributed by atoms with E-state index in [1.54, 1.807) is 0 Å². The van der Waals surface area contributed by atoms with E-state index >= 15 is 0 Å². The summed E-state index contributed by atoms with van der Waals surface area (Å²) >= 11 is 0. The quantitative estimate of drug-likeness (QED) is 0.752. The Hall–Kier alpha value is -2.02. The summed E-state index contributed by atoms with van der Waals surface area (Å²) in [6.07, 6.45) is 1.10. The standard InChI is InChI=1S/C12H16FN3O3/c1-15(2)5-6-16(8-11(17)18)12(19)9-3-4-10(13)14-7-9/h3-4,7H,5-6,8H2,1-2H3,(H,17,18). The first-order valence-corrected chi connectivity index (χ1v) is 5.67. The molecular weight excluding hydrogens is 253 g/mol. The van der Waals surface area contributed by atoms with Crippen LogP contribution in [0.3, 0.4) is 0 Å². The highest BCUT2D eigenvalue weighted by Gasteiger charge is 2.18. The molecule has 0 unspecified atom stereocenters. The van der Waals surface area contributed by atoms with Gasteiger partial charge in [0.05, 0.1) is 5.56 Å². The van der Waals surface area contributed by atoms with Crippen molar-refractivity contribution in [2.75, 3.05) is 33.7 Å². The average Bonchev–Trinajstić information content (AvgIpc) is 2.34. The summed E-state index contributed by atoms with van der Waals surface area (Å²) in [4.78, 5) is 29.3. The zero-order valence-electron chi connectivity index (χ0n) is 10.8. The molecule has 0 aromatic carbocycles. The van der Waals surface area contributed by atoms with E-state index in [0.717, 1.165) is 12.3 Å². The molecule has 1 N–H and O–H groups in total. The summed E-state index contributed by atoms with van der Waals surface area (Å²) < 4.78 is 12.7. The van der Waals surface area contributed by atoms with Crippen LogP contribution in [0.15, 0.2) is 18.3 Å². The summed E-state index contributed by atoms with van der Waals surface area (Å²) in [7, 11) is 3.64. The molecule has 0 saturated heterocycles. The van der Waals surface area contributed by atoms with Crippen molar-refractivity contribution in [2.24, 2.45) is 0 Å². The second-order valence-corrected chi connectivity index (χ2v) is 4.29. The molecule has 1 heterocycles. The van der Waals surface area contributed by atoms with Crippen LogP contribution in [0.2, 0.25) is 0 Å². The van der Waals surface area contributed by atoms with Gasteiger partial charge in [-0.2, -0.15) is 4.39 Å². The van der Waals surface area contributed by atoms with Crippen molar-refractivity contribution < 1.29 is 19.1 Å². The number of carboxylic acids is 1. The number of hydrogen-bond donors (Lipinski definition) is 1. The fourth-order valence-corrected chi connectivity index (χ4v) is 1.42. The van der Waals surface area contributed by atoms with Crippen molar-refractivity contribution in [3.63, 3.8) is 0 Å². The maximum absolute atomic E-state index is 12.7. The lowest BCUT2D eigenvalue weighted by Crippen LogP contribution is -2.40. The number of aromatic nitrogens is 1. The van der Waals surface area contributed by atoms with Gasteiger partial charge in [-0.05, 0) is 26.2 Å². The molecule has 0 bridgehead atoms. The van der Waals surface area contributed by atoms with E-state index in [1.165, 1.54) is 11.0 Å². The van der Waals surface area contributed by atoms with Crippen LogP contribution in [0, 0.1) is 5.95 Å². The minimum Gasteiger partial charge on any atom is -0.480 e. The smallest absolute Gasteiger partial charge is 0.323 e. The van der Waals surface area contributed by atoms with Crippen LogP contribution in [0.25, 0.3) is 0 Å². The number of aliphatic carboxylic acids is 1. The summed E-state index contributed by atoms with van der Waals surface area (Å²) in [5.41, 5.74) is 0.168.